The van der Waals surface area contributed by atoms with E-state index >= 15 is 0 Å². The first-order valence-electron chi connectivity index (χ1n) is 21.1. The number of pyridine rings is 1. The zero-order chi connectivity index (χ0) is 41.5. The standard InChI is InChI=1S/C57H34N4O2/c1-2-13-36(14-3-1)54-59-55(37-26-24-35(25-27-37)39-15-12-30-58-34-39)61-56(60-54)38-28-29-43-41-17-5-4-16-40(41)42-18-6-8-20-46(42)57(48(43)31-38)47-21-9-11-23-51(47)63-53-32-45-44-19-7-10-22-50(44)62-52(45)33-49(53)57/h1-34H. The Kier molecular flexibility index (Phi) is 7.72. The molecular formula is C57H34N4O2. The monoisotopic (exact) mass is 806 g/mol. The van der Waals surface area contributed by atoms with Crippen LogP contribution in [0.2, 0.25) is 0 Å². The average molecular weight is 807 g/mol. The van der Waals surface area contributed by atoms with Crippen LogP contribution in [0.5, 0.6) is 11.5 Å². The number of aromatic nitrogens is 4. The first kappa shape index (κ1) is 35.3. The Morgan fingerprint density at radius 1 is 0.349 bits per heavy atom. The van der Waals surface area contributed by atoms with Crippen molar-refractivity contribution in [2.24, 2.45) is 0 Å². The maximum absolute atomic E-state index is 6.98. The second-order valence-electron chi connectivity index (χ2n) is 16.1. The Labute approximate surface area is 362 Å². The van der Waals surface area contributed by atoms with E-state index in [-0.39, 0.29) is 0 Å². The minimum atomic E-state index is -0.863. The number of furan rings is 1. The third-order valence-electron chi connectivity index (χ3n) is 12.7. The van der Waals surface area contributed by atoms with Crippen molar-refractivity contribution in [3.05, 3.63) is 229 Å². The van der Waals surface area contributed by atoms with Gasteiger partial charge in [0.2, 0.25) is 0 Å². The highest BCUT2D eigenvalue weighted by Crippen LogP contribution is 2.61. The highest BCUT2D eigenvalue weighted by Gasteiger charge is 2.49. The van der Waals surface area contributed by atoms with Crippen molar-refractivity contribution >= 4 is 21.9 Å². The minimum Gasteiger partial charge on any atom is -0.457 e. The van der Waals surface area contributed by atoms with E-state index in [2.05, 4.69) is 151 Å². The quantitative estimate of drug-likeness (QED) is 0.176. The molecule has 8 aromatic carbocycles. The van der Waals surface area contributed by atoms with E-state index in [1.807, 2.05) is 54.7 Å². The number of fused-ring (bicyclic) bond motifs is 14. The largest absolute Gasteiger partial charge is 0.457 e. The number of hydrogen-bond acceptors (Lipinski definition) is 6. The summed E-state index contributed by atoms with van der Waals surface area (Å²) in [6.07, 6.45) is 3.66. The maximum Gasteiger partial charge on any atom is 0.164 e. The maximum atomic E-state index is 6.98. The van der Waals surface area contributed by atoms with Crippen LogP contribution in [0, 0.1) is 0 Å². The Morgan fingerprint density at radius 3 is 1.73 bits per heavy atom. The van der Waals surface area contributed by atoms with Crippen molar-refractivity contribution in [3.8, 4) is 79.0 Å². The van der Waals surface area contributed by atoms with Crippen LogP contribution in [0.3, 0.4) is 0 Å². The lowest BCUT2D eigenvalue weighted by Gasteiger charge is -2.42. The van der Waals surface area contributed by atoms with Gasteiger partial charge in [-0.25, -0.2) is 15.0 Å². The topological polar surface area (TPSA) is 73.9 Å². The molecule has 0 saturated heterocycles. The molecule has 1 spiro atoms. The molecule has 0 N–H and O–H groups in total. The zero-order valence-electron chi connectivity index (χ0n) is 33.7. The van der Waals surface area contributed by atoms with Gasteiger partial charge >= 0.3 is 0 Å². The molecule has 1 aliphatic carbocycles. The smallest absolute Gasteiger partial charge is 0.164 e. The van der Waals surface area contributed by atoms with Gasteiger partial charge in [-0.15, -0.1) is 0 Å². The second kappa shape index (κ2) is 13.8. The van der Waals surface area contributed by atoms with Crippen molar-refractivity contribution in [1.29, 1.82) is 0 Å². The molecule has 0 bridgehead atoms. The molecule has 1 unspecified atom stereocenters. The first-order valence-corrected chi connectivity index (χ1v) is 21.1. The summed E-state index contributed by atoms with van der Waals surface area (Å²) in [6.45, 7) is 0. The molecule has 63 heavy (non-hydrogen) atoms. The third-order valence-corrected chi connectivity index (χ3v) is 12.7. The molecule has 0 fully saturated rings. The molecule has 3 aromatic heterocycles. The molecule has 0 amide bonds. The summed E-state index contributed by atoms with van der Waals surface area (Å²) in [6, 6.07) is 67.8. The lowest BCUT2D eigenvalue weighted by molar-refractivity contribution is 0.435. The van der Waals surface area contributed by atoms with Gasteiger partial charge in [0.25, 0.3) is 0 Å². The summed E-state index contributed by atoms with van der Waals surface area (Å²) in [5.74, 6) is 3.35. The summed E-state index contributed by atoms with van der Waals surface area (Å²) < 4.78 is 13.6. The molecular weight excluding hydrogens is 773 g/mol. The lowest BCUT2D eigenvalue weighted by Crippen LogP contribution is -2.34. The molecule has 1 atom stereocenters. The van der Waals surface area contributed by atoms with Crippen molar-refractivity contribution < 1.29 is 9.15 Å². The predicted octanol–water partition coefficient (Wildman–Crippen LogP) is 14.0. The molecule has 6 heteroatoms. The number of para-hydroxylation sites is 2. The van der Waals surface area contributed by atoms with Crippen molar-refractivity contribution in [2.75, 3.05) is 0 Å². The fourth-order valence-corrected chi connectivity index (χ4v) is 9.91. The molecule has 0 radical (unpaired) electrons. The van der Waals surface area contributed by atoms with Crippen LogP contribution in [0.25, 0.3) is 89.5 Å². The molecule has 294 valence electrons. The van der Waals surface area contributed by atoms with Gasteiger partial charge in [-0.3, -0.25) is 4.98 Å². The molecule has 13 rings (SSSR count). The highest BCUT2D eigenvalue weighted by molar-refractivity contribution is 6.06. The van der Waals surface area contributed by atoms with Crippen LogP contribution >= 0.6 is 0 Å². The van der Waals surface area contributed by atoms with Gasteiger partial charge in [0, 0.05) is 51.0 Å². The summed E-state index contributed by atoms with van der Waals surface area (Å²) in [7, 11) is 0. The Balaban J connectivity index is 1.11. The molecule has 2 aliphatic rings. The Morgan fingerprint density at radius 2 is 0.952 bits per heavy atom. The minimum absolute atomic E-state index is 0.576. The predicted molar refractivity (Wildman–Crippen MR) is 249 cm³/mol. The fourth-order valence-electron chi connectivity index (χ4n) is 9.91. The van der Waals surface area contributed by atoms with Crippen LogP contribution in [0.1, 0.15) is 22.3 Å². The average Bonchev–Trinajstić information content (AvgIpc) is 3.68. The molecule has 6 nitrogen and oxygen atoms in total. The van der Waals surface area contributed by atoms with Crippen LogP contribution in [-0.4, -0.2) is 19.9 Å². The van der Waals surface area contributed by atoms with Gasteiger partial charge in [0.1, 0.15) is 22.7 Å². The first-order chi connectivity index (χ1) is 31.2. The zero-order valence-corrected chi connectivity index (χ0v) is 33.7. The molecule has 11 aromatic rings. The van der Waals surface area contributed by atoms with Gasteiger partial charge in [-0.2, -0.15) is 0 Å². The van der Waals surface area contributed by atoms with E-state index in [0.717, 1.165) is 106 Å². The second-order valence-corrected chi connectivity index (χ2v) is 16.1. The number of hydrogen-bond donors (Lipinski definition) is 0. The molecule has 4 heterocycles. The van der Waals surface area contributed by atoms with E-state index in [4.69, 9.17) is 24.1 Å². The summed E-state index contributed by atoms with van der Waals surface area (Å²) >= 11 is 0. The van der Waals surface area contributed by atoms with Gasteiger partial charge in [0.15, 0.2) is 17.5 Å². The summed E-state index contributed by atoms with van der Waals surface area (Å²) in [5, 5.41) is 2.06. The van der Waals surface area contributed by atoms with E-state index in [1.165, 1.54) is 0 Å². The molecule has 1 aliphatic heterocycles. The summed E-state index contributed by atoms with van der Waals surface area (Å²) in [5.41, 5.74) is 14.4. The Hall–Kier alpha value is -8.48. The third kappa shape index (κ3) is 5.38. The lowest BCUT2D eigenvalue weighted by atomic mass is 9.62. The van der Waals surface area contributed by atoms with Gasteiger partial charge < -0.3 is 9.15 Å². The van der Waals surface area contributed by atoms with Crippen LogP contribution in [0.4, 0.5) is 0 Å². The van der Waals surface area contributed by atoms with Crippen LogP contribution in [-0.2, 0) is 5.41 Å². The van der Waals surface area contributed by atoms with E-state index in [0.29, 0.717) is 17.5 Å². The van der Waals surface area contributed by atoms with Crippen molar-refractivity contribution in [2.45, 2.75) is 5.41 Å². The van der Waals surface area contributed by atoms with E-state index in [9.17, 15) is 0 Å². The van der Waals surface area contributed by atoms with Gasteiger partial charge in [-0.05, 0) is 80.9 Å². The normalized spacial score (nSPS) is 14.5. The number of benzene rings is 8. The SMILES string of the molecule is c1ccc(-c2nc(-c3ccc(-c4cccnc4)cc3)nc(-c3ccc4c(c3)C3(c5ccccc5Oc5cc6c(cc53)oc3ccccc36)c3ccccc3-c3ccccc3-4)n2)cc1. The van der Waals surface area contributed by atoms with Crippen LogP contribution in [0.15, 0.2) is 211 Å². The molecule has 0 saturated carbocycles. The van der Waals surface area contributed by atoms with E-state index in [1.54, 1.807) is 6.20 Å². The van der Waals surface area contributed by atoms with Crippen molar-refractivity contribution in [3.63, 3.8) is 0 Å². The van der Waals surface area contributed by atoms with Crippen molar-refractivity contribution in [1.82, 2.24) is 19.9 Å². The fraction of sp³-hybridized carbons (Fsp3) is 0.0175. The summed E-state index contributed by atoms with van der Waals surface area (Å²) in [4.78, 5) is 19.9. The Bertz CT molecular complexity index is 3600. The number of nitrogens with zero attached hydrogens (tertiary/aromatic N) is 4. The number of ether oxygens (including phenoxy) is 1. The number of rotatable bonds is 4. The van der Waals surface area contributed by atoms with E-state index < -0.39 is 5.41 Å². The highest BCUT2D eigenvalue weighted by atomic mass is 16.5. The van der Waals surface area contributed by atoms with Gasteiger partial charge in [-0.1, -0.05) is 158 Å². The van der Waals surface area contributed by atoms with Gasteiger partial charge in [0.05, 0.1) is 5.41 Å². The van der Waals surface area contributed by atoms with Crippen LogP contribution < -0.4 is 4.74 Å².